The predicted molar refractivity (Wildman–Crippen MR) is 76.1 cm³/mol. The van der Waals surface area contributed by atoms with Crippen molar-refractivity contribution in [3.63, 3.8) is 0 Å². The smallest absolute Gasteiger partial charge is 0.238 e. The minimum Gasteiger partial charge on any atom is -0.324 e. The van der Waals surface area contributed by atoms with E-state index in [9.17, 15) is 4.79 Å². The third kappa shape index (κ3) is 5.49. The van der Waals surface area contributed by atoms with Crippen molar-refractivity contribution >= 4 is 23.2 Å². The summed E-state index contributed by atoms with van der Waals surface area (Å²) in [6.45, 7) is 5.12. The second kappa shape index (κ2) is 8.08. The van der Waals surface area contributed by atoms with Crippen LogP contribution in [-0.2, 0) is 4.79 Å². The lowest BCUT2D eigenvalue weighted by Gasteiger charge is -2.14. The molecule has 2 N–H and O–H groups in total. The van der Waals surface area contributed by atoms with E-state index < -0.39 is 0 Å². The van der Waals surface area contributed by atoms with Crippen LogP contribution in [0.15, 0.2) is 24.3 Å². The first-order valence-corrected chi connectivity index (χ1v) is 6.45. The van der Waals surface area contributed by atoms with Crippen molar-refractivity contribution in [2.24, 2.45) is 0 Å². The number of rotatable bonds is 7. The van der Waals surface area contributed by atoms with E-state index in [0.717, 1.165) is 19.6 Å². The Balaban J connectivity index is 2.24. The summed E-state index contributed by atoms with van der Waals surface area (Å²) in [5.41, 5.74) is 0.650. The topological polar surface area (TPSA) is 44.4 Å². The summed E-state index contributed by atoms with van der Waals surface area (Å²) in [7, 11) is 2.05. The van der Waals surface area contributed by atoms with E-state index in [1.807, 2.05) is 19.2 Å². The number of carbonyl (C=O) groups excluding carboxylic acids is 1. The van der Waals surface area contributed by atoms with Gasteiger partial charge in [-0.3, -0.25) is 4.79 Å². The highest BCUT2D eigenvalue weighted by molar-refractivity contribution is 6.33. The molecule has 18 heavy (non-hydrogen) atoms. The zero-order chi connectivity index (χ0) is 13.4. The lowest BCUT2D eigenvalue weighted by molar-refractivity contribution is -0.115. The standard InChI is InChI=1S/C13H20ClN3O/c1-3-17(2)9-8-15-10-13(18)16-12-7-5-4-6-11(12)14/h4-7,15H,3,8-10H2,1-2H3,(H,16,18). The summed E-state index contributed by atoms with van der Waals surface area (Å²) in [6, 6.07) is 7.20. The van der Waals surface area contributed by atoms with Crippen LogP contribution in [-0.4, -0.2) is 44.0 Å². The number of likely N-dealkylation sites (N-methyl/N-ethyl adjacent to an activating group) is 1. The van der Waals surface area contributed by atoms with Crippen LogP contribution in [0, 0.1) is 0 Å². The quantitative estimate of drug-likeness (QED) is 0.742. The van der Waals surface area contributed by atoms with Crippen LogP contribution in [0.25, 0.3) is 0 Å². The van der Waals surface area contributed by atoms with Gasteiger partial charge in [-0.25, -0.2) is 0 Å². The first-order valence-electron chi connectivity index (χ1n) is 6.07. The molecule has 5 heteroatoms. The van der Waals surface area contributed by atoms with Crippen molar-refractivity contribution in [1.29, 1.82) is 0 Å². The molecule has 0 radical (unpaired) electrons. The van der Waals surface area contributed by atoms with Gasteiger partial charge >= 0.3 is 0 Å². The summed E-state index contributed by atoms with van der Waals surface area (Å²) in [5, 5.41) is 6.41. The highest BCUT2D eigenvalue weighted by Crippen LogP contribution is 2.19. The Morgan fingerprint density at radius 2 is 2.11 bits per heavy atom. The summed E-state index contributed by atoms with van der Waals surface area (Å²) in [6.07, 6.45) is 0. The van der Waals surface area contributed by atoms with Crippen LogP contribution >= 0.6 is 11.6 Å². The Hall–Kier alpha value is -1.10. The van der Waals surface area contributed by atoms with Gasteiger partial charge in [0.25, 0.3) is 0 Å². The monoisotopic (exact) mass is 269 g/mol. The van der Waals surface area contributed by atoms with Crippen LogP contribution < -0.4 is 10.6 Å². The van der Waals surface area contributed by atoms with E-state index in [-0.39, 0.29) is 5.91 Å². The van der Waals surface area contributed by atoms with Gasteiger partial charge in [-0.15, -0.1) is 0 Å². The van der Waals surface area contributed by atoms with Crippen LogP contribution in [0.2, 0.25) is 5.02 Å². The highest BCUT2D eigenvalue weighted by atomic mass is 35.5. The molecule has 100 valence electrons. The van der Waals surface area contributed by atoms with Crippen molar-refractivity contribution in [1.82, 2.24) is 10.2 Å². The third-order valence-corrected chi connectivity index (χ3v) is 2.97. The average molecular weight is 270 g/mol. The molecule has 0 atom stereocenters. The van der Waals surface area contributed by atoms with Crippen molar-refractivity contribution in [3.8, 4) is 0 Å². The Morgan fingerprint density at radius 1 is 1.39 bits per heavy atom. The molecular weight excluding hydrogens is 250 g/mol. The molecule has 0 aromatic heterocycles. The van der Waals surface area contributed by atoms with E-state index in [1.54, 1.807) is 12.1 Å². The molecule has 1 aromatic carbocycles. The summed E-state index contributed by atoms with van der Waals surface area (Å²) < 4.78 is 0. The van der Waals surface area contributed by atoms with Gasteiger partial charge in [0.2, 0.25) is 5.91 Å². The second-order valence-corrected chi connectivity index (χ2v) is 4.51. The molecular formula is C13H20ClN3O. The number of halogens is 1. The molecule has 0 saturated carbocycles. The van der Waals surface area contributed by atoms with E-state index in [2.05, 4.69) is 22.5 Å². The van der Waals surface area contributed by atoms with Gasteiger partial charge in [0, 0.05) is 13.1 Å². The number of para-hydroxylation sites is 1. The SMILES string of the molecule is CCN(C)CCNCC(=O)Nc1ccccc1Cl. The molecule has 0 fully saturated rings. The minimum absolute atomic E-state index is 0.0812. The predicted octanol–water partition coefficient (Wildman–Crippen LogP) is 1.82. The first kappa shape index (κ1) is 15.0. The maximum absolute atomic E-state index is 11.6. The molecule has 1 rings (SSSR count). The summed E-state index contributed by atoms with van der Waals surface area (Å²) in [5.74, 6) is -0.0812. The number of nitrogens with zero attached hydrogens (tertiary/aromatic N) is 1. The summed E-state index contributed by atoms with van der Waals surface area (Å²) >= 11 is 5.95. The molecule has 0 heterocycles. The number of anilines is 1. The molecule has 1 aromatic rings. The second-order valence-electron chi connectivity index (χ2n) is 4.10. The molecule has 0 spiro atoms. The van der Waals surface area contributed by atoms with Crippen molar-refractivity contribution in [2.75, 3.05) is 38.5 Å². The first-order chi connectivity index (χ1) is 8.63. The number of nitrogens with one attached hydrogen (secondary N) is 2. The highest BCUT2D eigenvalue weighted by Gasteiger charge is 2.04. The maximum atomic E-state index is 11.6. The van der Waals surface area contributed by atoms with Crippen LogP contribution in [0.3, 0.4) is 0 Å². The van der Waals surface area contributed by atoms with Gasteiger partial charge in [-0.2, -0.15) is 0 Å². The number of carbonyl (C=O) groups is 1. The fourth-order valence-electron chi connectivity index (χ4n) is 1.39. The average Bonchev–Trinajstić information content (AvgIpc) is 2.37. The lowest BCUT2D eigenvalue weighted by Crippen LogP contribution is -2.34. The number of amides is 1. The minimum atomic E-state index is -0.0812. The van der Waals surface area contributed by atoms with E-state index in [1.165, 1.54) is 0 Å². The maximum Gasteiger partial charge on any atom is 0.238 e. The molecule has 0 aliphatic heterocycles. The van der Waals surface area contributed by atoms with Gasteiger partial charge in [-0.05, 0) is 25.7 Å². The lowest BCUT2D eigenvalue weighted by atomic mass is 10.3. The zero-order valence-corrected chi connectivity index (χ0v) is 11.6. The van der Waals surface area contributed by atoms with Crippen LogP contribution in [0.4, 0.5) is 5.69 Å². The van der Waals surface area contributed by atoms with Crippen molar-refractivity contribution in [3.05, 3.63) is 29.3 Å². The molecule has 0 saturated heterocycles. The van der Waals surface area contributed by atoms with Gasteiger partial charge in [0.15, 0.2) is 0 Å². The van der Waals surface area contributed by atoms with Crippen molar-refractivity contribution < 1.29 is 4.79 Å². The van der Waals surface area contributed by atoms with Crippen molar-refractivity contribution in [2.45, 2.75) is 6.92 Å². The Kier molecular flexibility index (Phi) is 6.72. The molecule has 4 nitrogen and oxygen atoms in total. The van der Waals surface area contributed by atoms with Gasteiger partial charge in [0.05, 0.1) is 17.3 Å². The number of hydrogen-bond donors (Lipinski definition) is 2. The van der Waals surface area contributed by atoms with Crippen LogP contribution in [0.1, 0.15) is 6.92 Å². The third-order valence-electron chi connectivity index (χ3n) is 2.64. The fourth-order valence-corrected chi connectivity index (χ4v) is 1.57. The van der Waals surface area contributed by atoms with E-state index >= 15 is 0 Å². The number of benzene rings is 1. The molecule has 1 amide bonds. The van der Waals surface area contributed by atoms with Gasteiger partial charge < -0.3 is 15.5 Å². The molecule has 0 bridgehead atoms. The van der Waals surface area contributed by atoms with Gasteiger partial charge in [-0.1, -0.05) is 30.7 Å². The molecule has 0 unspecified atom stereocenters. The Labute approximate surface area is 113 Å². The molecule has 0 aliphatic carbocycles. The number of hydrogen-bond acceptors (Lipinski definition) is 3. The zero-order valence-electron chi connectivity index (χ0n) is 10.9. The van der Waals surface area contributed by atoms with Crippen LogP contribution in [0.5, 0.6) is 0 Å². The largest absolute Gasteiger partial charge is 0.324 e. The Morgan fingerprint density at radius 3 is 2.78 bits per heavy atom. The Bertz CT molecular complexity index is 384. The fraction of sp³-hybridized carbons (Fsp3) is 0.462. The molecule has 0 aliphatic rings. The van der Waals surface area contributed by atoms with E-state index in [0.29, 0.717) is 17.3 Å². The summed E-state index contributed by atoms with van der Waals surface area (Å²) in [4.78, 5) is 13.8. The van der Waals surface area contributed by atoms with Gasteiger partial charge in [0.1, 0.15) is 0 Å². The van der Waals surface area contributed by atoms with E-state index in [4.69, 9.17) is 11.6 Å². The normalized spacial score (nSPS) is 10.7.